The molecule has 1 aliphatic heterocycles. The molecule has 0 fully saturated rings. The van der Waals surface area contributed by atoms with Gasteiger partial charge in [-0.15, -0.1) is 6.42 Å². The van der Waals surface area contributed by atoms with Gasteiger partial charge in [-0.1, -0.05) is 23.8 Å². The highest BCUT2D eigenvalue weighted by atomic mass is 16.2. The van der Waals surface area contributed by atoms with Crippen LogP contribution in [0.1, 0.15) is 65.6 Å². The smallest absolute Gasteiger partial charge is 0.254 e. The second kappa shape index (κ2) is 10.5. The first-order chi connectivity index (χ1) is 15.5. The third-order valence-electron chi connectivity index (χ3n) is 5.69. The summed E-state index contributed by atoms with van der Waals surface area (Å²) in [7, 11) is 1.91. The number of hydrogen-bond acceptors (Lipinski definition) is 4. The van der Waals surface area contributed by atoms with Gasteiger partial charge in [0.25, 0.3) is 5.91 Å². The van der Waals surface area contributed by atoms with Crippen LogP contribution in [0.15, 0.2) is 24.4 Å². The molecule has 32 heavy (non-hydrogen) atoms. The Balaban J connectivity index is 1.60. The van der Waals surface area contributed by atoms with Gasteiger partial charge in [0.05, 0.1) is 6.20 Å². The Morgan fingerprint density at radius 1 is 1.41 bits per heavy atom. The molecule has 0 saturated carbocycles. The fourth-order valence-corrected chi connectivity index (χ4v) is 3.77. The van der Waals surface area contributed by atoms with E-state index >= 15 is 0 Å². The number of unbranched alkanes of at least 4 members (excludes halogenated alkanes) is 1. The molecule has 164 valence electrons. The molecule has 1 N–H and O–H groups in total. The second-order valence-corrected chi connectivity index (χ2v) is 7.76. The third-order valence-corrected chi connectivity index (χ3v) is 5.69. The van der Waals surface area contributed by atoms with Gasteiger partial charge in [-0.05, 0) is 37.5 Å². The first kappa shape index (κ1) is 22.8. The minimum atomic E-state index is -0.344. The number of hydrogen-bond donors (Lipinski definition) is 1. The summed E-state index contributed by atoms with van der Waals surface area (Å²) >= 11 is 0. The molecular formula is C25H26N4O3. The SMILES string of the molecule is C#Cc1cnc(CCCC#Cc2cccc3c2CN(C(C)CCC(=O)NC=O)C3=O)n1C. The fraction of sp³-hybridized carbons (Fsp3) is 0.360. The standard InChI is InChI=1S/C25H26N4O3/c1-4-20-15-26-23(28(20)3)12-7-5-6-9-19-10-8-11-21-22(19)16-29(25(21)32)18(2)13-14-24(31)27-17-30/h1,8,10-11,15,17-18H,5,7,12-14,16H2,2-3H3,(H,27,30,31). The van der Waals surface area contributed by atoms with Gasteiger partial charge >= 0.3 is 0 Å². The van der Waals surface area contributed by atoms with Gasteiger partial charge in [-0.25, -0.2) is 4.98 Å². The molecule has 1 atom stereocenters. The lowest BCUT2D eigenvalue weighted by Gasteiger charge is -2.24. The predicted molar refractivity (Wildman–Crippen MR) is 120 cm³/mol. The fourth-order valence-electron chi connectivity index (χ4n) is 3.77. The summed E-state index contributed by atoms with van der Waals surface area (Å²) in [5, 5.41) is 2.12. The average molecular weight is 431 g/mol. The highest BCUT2D eigenvalue weighted by Crippen LogP contribution is 2.28. The van der Waals surface area contributed by atoms with Gasteiger partial charge in [0, 0.05) is 50.0 Å². The number of nitrogens with zero attached hydrogens (tertiary/aromatic N) is 3. The van der Waals surface area contributed by atoms with Crippen molar-refractivity contribution in [1.29, 1.82) is 0 Å². The number of rotatable bonds is 8. The molecule has 3 rings (SSSR count). The minimum Gasteiger partial charge on any atom is -0.332 e. The normalized spacial score (nSPS) is 13.0. The maximum Gasteiger partial charge on any atom is 0.254 e. The van der Waals surface area contributed by atoms with E-state index in [1.54, 1.807) is 11.1 Å². The lowest BCUT2D eigenvalue weighted by molar-refractivity contribution is -0.125. The van der Waals surface area contributed by atoms with Gasteiger partial charge in [0.2, 0.25) is 12.3 Å². The highest BCUT2D eigenvalue weighted by Gasteiger charge is 2.32. The van der Waals surface area contributed by atoms with Crippen LogP contribution >= 0.6 is 0 Å². The number of imide groups is 1. The number of aromatic nitrogens is 2. The van der Waals surface area contributed by atoms with Crippen LogP contribution in [0.4, 0.5) is 0 Å². The van der Waals surface area contributed by atoms with Crippen molar-refractivity contribution in [3.63, 3.8) is 0 Å². The Morgan fingerprint density at radius 2 is 2.22 bits per heavy atom. The highest BCUT2D eigenvalue weighted by molar-refractivity contribution is 5.99. The largest absolute Gasteiger partial charge is 0.332 e. The van der Waals surface area contributed by atoms with Crippen LogP contribution in [0.2, 0.25) is 0 Å². The van der Waals surface area contributed by atoms with Crippen LogP contribution in [0.5, 0.6) is 0 Å². The van der Waals surface area contributed by atoms with E-state index < -0.39 is 0 Å². The number of fused-ring (bicyclic) bond motifs is 1. The van der Waals surface area contributed by atoms with Gasteiger partial charge < -0.3 is 9.47 Å². The van der Waals surface area contributed by atoms with Crippen molar-refractivity contribution in [2.45, 2.75) is 51.6 Å². The molecule has 3 amide bonds. The molecule has 0 spiro atoms. The summed E-state index contributed by atoms with van der Waals surface area (Å²) in [6.07, 6.45) is 10.5. The van der Waals surface area contributed by atoms with Gasteiger partial charge in [0.1, 0.15) is 11.5 Å². The van der Waals surface area contributed by atoms with E-state index in [1.165, 1.54) is 0 Å². The Labute approximate surface area is 188 Å². The van der Waals surface area contributed by atoms with Crippen molar-refractivity contribution in [1.82, 2.24) is 19.8 Å². The molecule has 7 heteroatoms. The Morgan fingerprint density at radius 3 is 2.94 bits per heavy atom. The number of carbonyl (C=O) groups is 3. The van der Waals surface area contributed by atoms with Crippen LogP contribution < -0.4 is 5.32 Å². The van der Waals surface area contributed by atoms with Gasteiger partial charge in [0.15, 0.2) is 0 Å². The molecule has 1 unspecified atom stereocenters. The number of imidazole rings is 1. The molecule has 7 nitrogen and oxygen atoms in total. The van der Waals surface area contributed by atoms with Gasteiger partial charge in [-0.3, -0.25) is 19.7 Å². The molecule has 1 aliphatic rings. The molecule has 2 heterocycles. The summed E-state index contributed by atoms with van der Waals surface area (Å²) < 4.78 is 1.92. The molecule has 1 aromatic carbocycles. The first-order valence-corrected chi connectivity index (χ1v) is 10.6. The topological polar surface area (TPSA) is 84.3 Å². The summed E-state index contributed by atoms with van der Waals surface area (Å²) in [5.74, 6) is 9.58. The second-order valence-electron chi connectivity index (χ2n) is 7.76. The number of terminal acetylenes is 1. The predicted octanol–water partition coefficient (Wildman–Crippen LogP) is 2.17. The van der Waals surface area contributed by atoms with Crippen molar-refractivity contribution in [3.05, 3.63) is 52.6 Å². The molecule has 1 aromatic heterocycles. The van der Waals surface area contributed by atoms with Crippen LogP contribution in [0.25, 0.3) is 0 Å². The van der Waals surface area contributed by atoms with Gasteiger partial charge in [-0.2, -0.15) is 0 Å². The Kier molecular flexibility index (Phi) is 7.46. The van der Waals surface area contributed by atoms with E-state index in [1.807, 2.05) is 36.7 Å². The number of carbonyl (C=O) groups excluding carboxylic acids is 3. The van der Waals surface area contributed by atoms with E-state index in [9.17, 15) is 14.4 Å². The van der Waals surface area contributed by atoms with E-state index in [4.69, 9.17) is 6.42 Å². The van der Waals surface area contributed by atoms with E-state index in [2.05, 4.69) is 28.1 Å². The molecule has 0 saturated heterocycles. The lowest BCUT2D eigenvalue weighted by atomic mass is 10.0. The molecule has 0 aliphatic carbocycles. The van der Waals surface area contributed by atoms with E-state index in [-0.39, 0.29) is 24.3 Å². The van der Waals surface area contributed by atoms with Crippen LogP contribution in [0, 0.1) is 24.2 Å². The van der Waals surface area contributed by atoms with Crippen LogP contribution in [-0.2, 0) is 29.6 Å². The lowest BCUT2D eigenvalue weighted by Crippen LogP contribution is -2.34. The van der Waals surface area contributed by atoms with E-state index in [0.29, 0.717) is 31.4 Å². The van der Waals surface area contributed by atoms with Crippen molar-refractivity contribution >= 4 is 18.2 Å². The monoisotopic (exact) mass is 430 g/mol. The quantitative estimate of drug-likeness (QED) is 0.395. The zero-order valence-electron chi connectivity index (χ0n) is 18.4. The number of amides is 3. The van der Waals surface area contributed by atoms with Crippen molar-refractivity contribution in [2.75, 3.05) is 0 Å². The number of aryl methyl sites for hydroxylation is 1. The summed E-state index contributed by atoms with van der Waals surface area (Å²) in [5.41, 5.74) is 3.21. The number of nitrogens with one attached hydrogen (secondary N) is 1. The summed E-state index contributed by atoms with van der Waals surface area (Å²) in [6.45, 7) is 2.38. The van der Waals surface area contributed by atoms with Crippen LogP contribution in [0.3, 0.4) is 0 Å². The van der Waals surface area contributed by atoms with Crippen molar-refractivity contribution in [3.8, 4) is 24.2 Å². The maximum absolute atomic E-state index is 12.9. The van der Waals surface area contributed by atoms with Crippen LogP contribution in [-0.4, -0.2) is 38.7 Å². The van der Waals surface area contributed by atoms with Crippen molar-refractivity contribution < 1.29 is 14.4 Å². The van der Waals surface area contributed by atoms with Crippen molar-refractivity contribution in [2.24, 2.45) is 7.05 Å². The Hall–Kier alpha value is -3.84. The third kappa shape index (κ3) is 5.07. The maximum atomic E-state index is 12.9. The minimum absolute atomic E-state index is 0.0500. The zero-order chi connectivity index (χ0) is 23.1. The molecular weight excluding hydrogens is 404 g/mol. The molecule has 2 aromatic rings. The summed E-state index contributed by atoms with van der Waals surface area (Å²) in [4.78, 5) is 40.9. The average Bonchev–Trinajstić information content (AvgIpc) is 3.32. The summed E-state index contributed by atoms with van der Waals surface area (Å²) in [6, 6.07) is 5.47. The zero-order valence-corrected chi connectivity index (χ0v) is 18.4. The molecule has 0 radical (unpaired) electrons. The first-order valence-electron chi connectivity index (χ1n) is 10.6. The van der Waals surface area contributed by atoms with E-state index in [0.717, 1.165) is 35.5 Å². The number of benzene rings is 1. The molecule has 0 bridgehead atoms. The Bertz CT molecular complexity index is 1130.